The first-order valence-electron chi connectivity index (χ1n) is 6.43. The Kier molecular flexibility index (Phi) is 3.59. The predicted molar refractivity (Wildman–Crippen MR) is 63.8 cm³/mol. The second-order valence-corrected chi connectivity index (χ2v) is 7.53. The third-order valence-corrected chi connectivity index (χ3v) is 5.83. The highest BCUT2D eigenvalue weighted by atomic mass is 32.2. The number of hydrogen-bond donors (Lipinski definition) is 1. The van der Waals surface area contributed by atoms with E-state index < -0.39 is 15.4 Å². The van der Waals surface area contributed by atoms with Gasteiger partial charge in [0.05, 0.1) is 5.25 Å². The van der Waals surface area contributed by atoms with Gasteiger partial charge >= 0.3 is 0 Å². The first-order chi connectivity index (χ1) is 7.47. The Morgan fingerprint density at radius 3 is 2.56 bits per heavy atom. The molecule has 0 aliphatic heterocycles. The van der Waals surface area contributed by atoms with Crippen LogP contribution in [-0.2, 0) is 10.1 Å². The van der Waals surface area contributed by atoms with E-state index in [9.17, 15) is 8.42 Å². The highest BCUT2D eigenvalue weighted by Gasteiger charge is 2.38. The largest absolute Gasteiger partial charge is 0.285 e. The molecule has 1 N–H and O–H groups in total. The van der Waals surface area contributed by atoms with Gasteiger partial charge in [-0.15, -0.1) is 0 Å². The molecular formula is C12H22O3S. The average molecular weight is 246 g/mol. The van der Waals surface area contributed by atoms with Crippen LogP contribution in [0, 0.1) is 17.8 Å². The van der Waals surface area contributed by atoms with Gasteiger partial charge in [-0.1, -0.05) is 19.3 Å². The minimum atomic E-state index is -3.81. The fourth-order valence-electron chi connectivity index (χ4n) is 3.55. The van der Waals surface area contributed by atoms with Crippen molar-refractivity contribution in [3.05, 3.63) is 0 Å². The third-order valence-electron chi connectivity index (χ3n) is 4.58. The molecule has 2 aliphatic rings. The quantitative estimate of drug-likeness (QED) is 0.759. The molecule has 0 spiro atoms. The van der Waals surface area contributed by atoms with Crippen molar-refractivity contribution < 1.29 is 13.0 Å². The van der Waals surface area contributed by atoms with Gasteiger partial charge in [0.25, 0.3) is 10.1 Å². The van der Waals surface area contributed by atoms with Crippen molar-refractivity contribution in [1.82, 2.24) is 0 Å². The van der Waals surface area contributed by atoms with Crippen molar-refractivity contribution in [3.63, 3.8) is 0 Å². The van der Waals surface area contributed by atoms with E-state index in [0.717, 1.165) is 30.6 Å². The molecule has 2 saturated carbocycles. The first kappa shape index (κ1) is 12.4. The van der Waals surface area contributed by atoms with Crippen molar-refractivity contribution in [3.8, 4) is 0 Å². The van der Waals surface area contributed by atoms with Gasteiger partial charge in [-0.05, 0) is 50.4 Å². The highest BCUT2D eigenvalue weighted by molar-refractivity contribution is 7.86. The maximum Gasteiger partial charge on any atom is 0.267 e. The first-order valence-corrected chi connectivity index (χ1v) is 7.93. The number of fused-ring (bicyclic) bond motifs is 2. The Hall–Kier alpha value is -0.0900. The van der Waals surface area contributed by atoms with Crippen molar-refractivity contribution in [2.45, 2.75) is 57.1 Å². The number of hydrogen-bond acceptors (Lipinski definition) is 2. The summed E-state index contributed by atoms with van der Waals surface area (Å²) >= 11 is 0. The van der Waals surface area contributed by atoms with Crippen LogP contribution < -0.4 is 0 Å². The van der Waals surface area contributed by atoms with E-state index >= 15 is 0 Å². The lowest BCUT2D eigenvalue weighted by molar-refractivity contribution is 0.305. The van der Waals surface area contributed by atoms with Crippen LogP contribution in [0.4, 0.5) is 0 Å². The van der Waals surface area contributed by atoms with Crippen molar-refractivity contribution in [2.24, 2.45) is 17.8 Å². The molecular weight excluding hydrogens is 224 g/mol. The topological polar surface area (TPSA) is 54.4 Å². The van der Waals surface area contributed by atoms with E-state index in [2.05, 4.69) is 0 Å². The van der Waals surface area contributed by atoms with Crippen LogP contribution in [0.5, 0.6) is 0 Å². The van der Waals surface area contributed by atoms with Gasteiger partial charge in [0.1, 0.15) is 0 Å². The zero-order valence-corrected chi connectivity index (χ0v) is 10.7. The Labute approximate surface area is 98.4 Å². The van der Waals surface area contributed by atoms with Crippen LogP contribution in [0.25, 0.3) is 0 Å². The maximum atomic E-state index is 10.8. The smallest absolute Gasteiger partial charge is 0.267 e. The molecule has 2 rings (SSSR count). The lowest BCUT2D eigenvalue weighted by atomic mass is 9.85. The summed E-state index contributed by atoms with van der Waals surface area (Å²) in [4.78, 5) is 0. The van der Waals surface area contributed by atoms with Gasteiger partial charge in [0.15, 0.2) is 0 Å². The van der Waals surface area contributed by atoms with Crippen molar-refractivity contribution in [2.75, 3.05) is 0 Å². The van der Waals surface area contributed by atoms with Crippen LogP contribution in [0.3, 0.4) is 0 Å². The summed E-state index contributed by atoms with van der Waals surface area (Å²) in [6.07, 6.45) is 8.29. The highest BCUT2D eigenvalue weighted by Crippen LogP contribution is 2.50. The van der Waals surface area contributed by atoms with Gasteiger partial charge < -0.3 is 0 Å². The summed E-state index contributed by atoms with van der Waals surface area (Å²) in [5, 5.41) is -0.592. The maximum absolute atomic E-state index is 10.8. The Morgan fingerprint density at radius 2 is 2.06 bits per heavy atom. The molecule has 3 nitrogen and oxygen atoms in total. The van der Waals surface area contributed by atoms with Crippen LogP contribution in [-0.4, -0.2) is 18.2 Å². The molecule has 0 aromatic heterocycles. The third kappa shape index (κ3) is 2.77. The zero-order valence-electron chi connectivity index (χ0n) is 9.93. The van der Waals surface area contributed by atoms with Gasteiger partial charge in [-0.3, -0.25) is 4.55 Å². The predicted octanol–water partition coefficient (Wildman–Crippen LogP) is 2.87. The van der Waals surface area contributed by atoms with Crippen LogP contribution in [0.1, 0.15) is 51.9 Å². The lowest BCUT2D eigenvalue weighted by Gasteiger charge is -2.21. The Morgan fingerprint density at radius 1 is 1.31 bits per heavy atom. The van der Waals surface area contributed by atoms with Crippen LogP contribution >= 0.6 is 0 Å². The van der Waals surface area contributed by atoms with Gasteiger partial charge in [-0.2, -0.15) is 8.42 Å². The van der Waals surface area contributed by atoms with E-state index in [1.54, 1.807) is 6.92 Å². The molecule has 0 saturated heterocycles. The van der Waals surface area contributed by atoms with Crippen molar-refractivity contribution in [1.29, 1.82) is 0 Å². The Balaban J connectivity index is 1.69. The monoisotopic (exact) mass is 246 g/mol. The summed E-state index contributed by atoms with van der Waals surface area (Å²) in [5.74, 6) is 2.73. The van der Waals surface area contributed by atoms with E-state index in [0.29, 0.717) is 6.42 Å². The second-order valence-electron chi connectivity index (χ2n) is 5.69. The zero-order chi connectivity index (χ0) is 11.8. The summed E-state index contributed by atoms with van der Waals surface area (Å²) in [6.45, 7) is 1.59. The fourth-order valence-corrected chi connectivity index (χ4v) is 4.01. The molecule has 94 valence electrons. The molecule has 0 heterocycles. The van der Waals surface area contributed by atoms with Crippen molar-refractivity contribution >= 4 is 10.1 Å². The van der Waals surface area contributed by atoms with Gasteiger partial charge in [-0.25, -0.2) is 0 Å². The number of rotatable bonds is 5. The Bertz CT molecular complexity index is 336. The molecule has 2 aliphatic carbocycles. The summed E-state index contributed by atoms with van der Waals surface area (Å²) in [5.41, 5.74) is 0. The summed E-state index contributed by atoms with van der Waals surface area (Å²) in [6, 6.07) is 0. The SMILES string of the molecule is CC(CCCC1CC2CCC1C2)S(=O)(=O)O. The summed E-state index contributed by atoms with van der Waals surface area (Å²) in [7, 11) is -3.81. The van der Waals surface area contributed by atoms with Crippen LogP contribution in [0.2, 0.25) is 0 Å². The van der Waals surface area contributed by atoms with Gasteiger partial charge in [0.2, 0.25) is 0 Å². The lowest BCUT2D eigenvalue weighted by Crippen LogP contribution is -2.17. The fraction of sp³-hybridized carbons (Fsp3) is 1.00. The molecule has 4 unspecified atom stereocenters. The molecule has 4 atom stereocenters. The average Bonchev–Trinajstić information content (AvgIpc) is 2.77. The van der Waals surface area contributed by atoms with Crippen LogP contribution in [0.15, 0.2) is 0 Å². The standard InChI is InChI=1S/C12H22O3S/c1-9(16(13,14)15)3-2-4-11-7-10-5-6-12(11)8-10/h9-12H,2-8H2,1H3,(H,13,14,15). The molecule has 4 heteroatoms. The molecule has 2 bridgehead atoms. The molecule has 0 aromatic rings. The van der Waals surface area contributed by atoms with E-state index in [-0.39, 0.29) is 0 Å². The molecule has 0 amide bonds. The molecule has 0 aromatic carbocycles. The second kappa shape index (κ2) is 4.65. The van der Waals surface area contributed by atoms with E-state index in [4.69, 9.17) is 4.55 Å². The normalized spacial score (nSPS) is 35.5. The molecule has 16 heavy (non-hydrogen) atoms. The minimum Gasteiger partial charge on any atom is -0.285 e. The molecule has 0 radical (unpaired) electrons. The minimum absolute atomic E-state index is 0.592. The van der Waals surface area contributed by atoms with E-state index in [1.165, 1.54) is 25.7 Å². The summed E-state index contributed by atoms with van der Waals surface area (Å²) < 4.78 is 30.5. The molecule has 2 fully saturated rings. The van der Waals surface area contributed by atoms with E-state index in [1.807, 2.05) is 0 Å². The van der Waals surface area contributed by atoms with Gasteiger partial charge in [0, 0.05) is 0 Å².